The second-order valence-corrected chi connectivity index (χ2v) is 8.39. The van der Waals surface area contributed by atoms with Crippen molar-refractivity contribution in [2.75, 3.05) is 30.9 Å². The smallest absolute Gasteiger partial charge is 0.322 e. The van der Waals surface area contributed by atoms with Gasteiger partial charge in [0.05, 0.1) is 31.1 Å². The van der Waals surface area contributed by atoms with Crippen molar-refractivity contribution in [2.24, 2.45) is 0 Å². The number of aromatic amines is 1. The highest BCUT2D eigenvalue weighted by molar-refractivity contribution is 5.92. The number of nitrogens with two attached hydrogens (primary N) is 1. The maximum atomic E-state index is 12.9. The number of hydrogen-bond donors (Lipinski definition) is 3. The number of unbranched alkanes of at least 4 members (excludes halogenated alkanes) is 1. The van der Waals surface area contributed by atoms with Crippen molar-refractivity contribution >= 4 is 28.6 Å². The van der Waals surface area contributed by atoms with Gasteiger partial charge in [0, 0.05) is 31.0 Å². The Bertz CT molecular complexity index is 1310. The van der Waals surface area contributed by atoms with Gasteiger partial charge in [-0.2, -0.15) is 0 Å². The zero-order valence-corrected chi connectivity index (χ0v) is 20.7. The minimum atomic E-state index is -0.185. The molecule has 2 aromatic carbocycles. The number of carbonyl (C=O) groups is 1. The Morgan fingerprint density at radius 2 is 1.94 bits per heavy atom. The molecular weight excluding hydrogens is 456 g/mol. The van der Waals surface area contributed by atoms with E-state index in [1.165, 1.54) is 5.56 Å². The number of pyridine rings is 1. The highest BCUT2D eigenvalue weighted by Gasteiger charge is 2.16. The summed E-state index contributed by atoms with van der Waals surface area (Å²) in [6, 6.07) is 15.1. The molecule has 2 heterocycles. The lowest BCUT2D eigenvalue weighted by molar-refractivity contribution is 0.246. The lowest BCUT2D eigenvalue weighted by atomic mass is 10.1. The molecular formula is C27H32N6O3. The summed E-state index contributed by atoms with van der Waals surface area (Å²) in [5, 5.41) is 2.99. The molecule has 2 aromatic heterocycles. The molecule has 4 aromatic rings. The largest absolute Gasteiger partial charge is 0.493 e. The third-order valence-electron chi connectivity index (χ3n) is 5.91. The van der Waals surface area contributed by atoms with E-state index in [9.17, 15) is 4.79 Å². The Morgan fingerprint density at radius 1 is 1.06 bits per heavy atom. The number of nitrogens with one attached hydrogen (secondary N) is 2. The van der Waals surface area contributed by atoms with Crippen LogP contribution < -0.4 is 25.4 Å². The van der Waals surface area contributed by atoms with Gasteiger partial charge in [-0.05, 0) is 73.7 Å². The molecule has 0 unspecified atom stereocenters. The number of nitrogen functional groups attached to an aromatic ring is 1. The minimum Gasteiger partial charge on any atom is -0.493 e. The maximum Gasteiger partial charge on any atom is 0.322 e. The first-order chi connectivity index (χ1) is 17.6. The number of rotatable bonds is 11. The van der Waals surface area contributed by atoms with Crippen LogP contribution >= 0.6 is 0 Å². The third-order valence-corrected chi connectivity index (χ3v) is 5.91. The first-order valence-electron chi connectivity index (χ1n) is 12.1. The van der Waals surface area contributed by atoms with E-state index in [2.05, 4.69) is 20.3 Å². The van der Waals surface area contributed by atoms with Crippen LogP contribution in [0.15, 0.2) is 61.1 Å². The van der Waals surface area contributed by atoms with Crippen molar-refractivity contribution in [3.8, 4) is 11.5 Å². The van der Waals surface area contributed by atoms with Crippen LogP contribution in [0.1, 0.15) is 30.9 Å². The number of aromatic nitrogens is 3. The number of anilines is 2. The van der Waals surface area contributed by atoms with Crippen LogP contribution in [0.2, 0.25) is 0 Å². The summed E-state index contributed by atoms with van der Waals surface area (Å²) in [5.74, 6) is 1.78. The summed E-state index contributed by atoms with van der Waals surface area (Å²) in [5.41, 5.74) is 10.5. The molecule has 0 bridgehead atoms. The fourth-order valence-corrected chi connectivity index (χ4v) is 4.02. The first kappa shape index (κ1) is 24.8. The second-order valence-electron chi connectivity index (χ2n) is 8.39. The average molecular weight is 489 g/mol. The van der Waals surface area contributed by atoms with Crippen molar-refractivity contribution in [1.82, 2.24) is 20.3 Å². The second kappa shape index (κ2) is 11.9. The molecule has 0 aliphatic carbocycles. The molecule has 4 N–H and O–H groups in total. The number of H-pyrrole nitrogens is 1. The summed E-state index contributed by atoms with van der Waals surface area (Å²) in [6.45, 7) is 3.42. The summed E-state index contributed by atoms with van der Waals surface area (Å²) >= 11 is 0. The molecule has 0 spiro atoms. The van der Waals surface area contributed by atoms with E-state index in [0.717, 1.165) is 41.5 Å². The number of urea groups is 1. The van der Waals surface area contributed by atoms with Gasteiger partial charge in [-0.15, -0.1) is 0 Å². The van der Waals surface area contributed by atoms with E-state index >= 15 is 0 Å². The lowest BCUT2D eigenvalue weighted by Crippen LogP contribution is -2.39. The maximum absolute atomic E-state index is 12.9. The predicted octanol–water partition coefficient (Wildman–Crippen LogP) is 4.69. The van der Waals surface area contributed by atoms with E-state index in [1.54, 1.807) is 24.5 Å². The van der Waals surface area contributed by atoms with Crippen LogP contribution in [0.25, 0.3) is 11.0 Å². The van der Waals surface area contributed by atoms with Crippen LogP contribution in [0.5, 0.6) is 11.5 Å². The molecule has 36 heavy (non-hydrogen) atoms. The van der Waals surface area contributed by atoms with Gasteiger partial charge in [0.1, 0.15) is 5.82 Å². The van der Waals surface area contributed by atoms with Crippen molar-refractivity contribution < 1.29 is 14.3 Å². The minimum absolute atomic E-state index is 0.185. The van der Waals surface area contributed by atoms with Gasteiger partial charge in [0.25, 0.3) is 0 Å². The van der Waals surface area contributed by atoms with Crippen molar-refractivity contribution in [3.05, 3.63) is 72.2 Å². The Labute approximate surface area is 210 Å². The Balaban J connectivity index is 1.31. The summed E-state index contributed by atoms with van der Waals surface area (Å²) in [4.78, 5) is 25.9. The molecule has 0 aliphatic rings. The van der Waals surface area contributed by atoms with E-state index in [1.807, 2.05) is 55.5 Å². The SMILES string of the molecule is CCN(C(=O)NCc1ccc2nc[nH]c2c1)c1ccc(OCCCCc2ccnc(N)c2)c(OC)c1. The molecule has 9 heteroatoms. The molecule has 0 atom stereocenters. The lowest BCUT2D eigenvalue weighted by Gasteiger charge is -2.23. The van der Waals surface area contributed by atoms with E-state index in [4.69, 9.17) is 15.2 Å². The van der Waals surface area contributed by atoms with Gasteiger partial charge in [-0.1, -0.05) is 6.07 Å². The molecule has 0 fully saturated rings. The van der Waals surface area contributed by atoms with Crippen molar-refractivity contribution in [1.29, 1.82) is 0 Å². The summed E-state index contributed by atoms with van der Waals surface area (Å²) in [7, 11) is 1.60. The van der Waals surface area contributed by atoms with Crippen molar-refractivity contribution in [3.63, 3.8) is 0 Å². The highest BCUT2D eigenvalue weighted by atomic mass is 16.5. The average Bonchev–Trinajstić information content (AvgIpc) is 3.36. The van der Waals surface area contributed by atoms with Crippen LogP contribution in [-0.4, -0.2) is 41.2 Å². The number of hydrogen-bond acceptors (Lipinski definition) is 6. The van der Waals surface area contributed by atoms with Gasteiger partial charge in [-0.25, -0.2) is 14.8 Å². The molecule has 4 rings (SSSR count). The van der Waals surface area contributed by atoms with Gasteiger partial charge in [0.2, 0.25) is 0 Å². The number of nitrogens with zero attached hydrogens (tertiary/aromatic N) is 3. The normalized spacial score (nSPS) is 10.8. The number of methoxy groups -OCH3 is 1. The molecule has 0 saturated heterocycles. The van der Waals surface area contributed by atoms with E-state index < -0.39 is 0 Å². The molecule has 0 saturated carbocycles. The fraction of sp³-hybridized carbons (Fsp3) is 0.296. The third kappa shape index (κ3) is 6.24. The summed E-state index contributed by atoms with van der Waals surface area (Å²) in [6.07, 6.45) is 6.17. The number of imidazole rings is 1. The molecule has 0 aliphatic heterocycles. The van der Waals surface area contributed by atoms with Crippen LogP contribution in [-0.2, 0) is 13.0 Å². The zero-order chi connectivity index (χ0) is 25.3. The van der Waals surface area contributed by atoms with Gasteiger partial charge in [-0.3, -0.25) is 4.90 Å². The van der Waals surface area contributed by atoms with Crippen LogP contribution in [0.3, 0.4) is 0 Å². The predicted molar refractivity (Wildman–Crippen MR) is 141 cm³/mol. The van der Waals surface area contributed by atoms with E-state index in [-0.39, 0.29) is 6.03 Å². The topological polar surface area (TPSA) is 118 Å². The monoisotopic (exact) mass is 488 g/mol. The summed E-state index contributed by atoms with van der Waals surface area (Å²) < 4.78 is 11.5. The number of ether oxygens (including phenoxy) is 2. The van der Waals surface area contributed by atoms with E-state index in [0.29, 0.717) is 37.0 Å². The number of aryl methyl sites for hydroxylation is 1. The van der Waals surface area contributed by atoms with Gasteiger partial charge < -0.3 is 25.5 Å². The number of benzene rings is 2. The Kier molecular flexibility index (Phi) is 8.23. The van der Waals surface area contributed by atoms with Crippen LogP contribution in [0, 0.1) is 0 Å². The standard InChI is InChI=1S/C27H32N6O3/c1-3-33(27(34)30-17-20-7-9-22-23(14-20)32-18-31-22)21-8-10-24(25(16-21)35-2)36-13-5-4-6-19-11-12-29-26(28)15-19/h7-12,14-16,18H,3-6,13,17H2,1-2H3,(H2,28,29)(H,30,34)(H,31,32). The number of carbonyl (C=O) groups excluding carboxylic acids is 1. The first-order valence-corrected chi connectivity index (χ1v) is 12.1. The molecule has 0 radical (unpaired) electrons. The number of fused-ring (bicyclic) bond motifs is 1. The molecule has 9 nitrogen and oxygen atoms in total. The quantitative estimate of drug-likeness (QED) is 0.264. The Hall–Kier alpha value is -4.27. The Morgan fingerprint density at radius 3 is 2.75 bits per heavy atom. The van der Waals surface area contributed by atoms with Gasteiger partial charge in [0.15, 0.2) is 11.5 Å². The van der Waals surface area contributed by atoms with Crippen LogP contribution in [0.4, 0.5) is 16.3 Å². The van der Waals surface area contributed by atoms with Gasteiger partial charge >= 0.3 is 6.03 Å². The zero-order valence-electron chi connectivity index (χ0n) is 20.7. The molecule has 188 valence electrons. The van der Waals surface area contributed by atoms with Crippen molar-refractivity contribution in [2.45, 2.75) is 32.7 Å². The fourth-order valence-electron chi connectivity index (χ4n) is 4.02. The molecule has 2 amide bonds. The highest BCUT2D eigenvalue weighted by Crippen LogP contribution is 2.32. The number of amides is 2.